The number of pyridine rings is 1. The fraction of sp³-hybridized carbons (Fsp3) is 0.400. The van der Waals surface area contributed by atoms with Crippen LogP contribution in [0.5, 0.6) is 0 Å². The van der Waals surface area contributed by atoms with Crippen LogP contribution >= 0.6 is 0 Å². The van der Waals surface area contributed by atoms with Crippen LogP contribution in [0, 0.1) is 5.92 Å². The monoisotopic (exact) mass is 305 g/mol. The highest BCUT2D eigenvalue weighted by molar-refractivity contribution is 7.89. The van der Waals surface area contributed by atoms with E-state index in [0.717, 1.165) is 18.2 Å². The molecule has 0 radical (unpaired) electrons. The van der Waals surface area contributed by atoms with E-state index in [2.05, 4.69) is 11.9 Å². The Bertz CT molecular complexity index is 774. The van der Waals surface area contributed by atoms with Crippen LogP contribution < -0.4 is 5.73 Å². The fourth-order valence-electron chi connectivity index (χ4n) is 2.78. The van der Waals surface area contributed by atoms with Crippen molar-refractivity contribution in [3.05, 3.63) is 30.3 Å². The van der Waals surface area contributed by atoms with E-state index in [1.54, 1.807) is 34.6 Å². The summed E-state index contributed by atoms with van der Waals surface area (Å²) in [7, 11) is -3.41. The van der Waals surface area contributed by atoms with Gasteiger partial charge in [0.15, 0.2) is 0 Å². The molecular formula is C15H19N3O2S. The lowest BCUT2D eigenvalue weighted by Crippen LogP contribution is -2.28. The Kier molecular flexibility index (Phi) is 3.59. The lowest BCUT2D eigenvalue weighted by molar-refractivity contribution is 0.453. The molecule has 1 fully saturated rings. The average Bonchev–Trinajstić information content (AvgIpc) is 2.96. The number of aromatic nitrogens is 1. The number of sulfonamides is 1. The molecule has 1 unspecified atom stereocenters. The molecule has 1 saturated heterocycles. The molecule has 1 aromatic heterocycles. The predicted octanol–water partition coefficient (Wildman–Crippen LogP) is 2.24. The Morgan fingerprint density at radius 3 is 2.86 bits per heavy atom. The zero-order chi connectivity index (χ0) is 15.0. The van der Waals surface area contributed by atoms with Gasteiger partial charge in [0, 0.05) is 18.5 Å². The molecule has 3 rings (SSSR count). The number of hydrogen-bond acceptors (Lipinski definition) is 4. The van der Waals surface area contributed by atoms with Crippen LogP contribution in [0.3, 0.4) is 0 Å². The number of nitrogens with zero attached hydrogens (tertiary/aromatic N) is 2. The number of nitrogen functional groups attached to an aromatic ring is 1. The van der Waals surface area contributed by atoms with Crippen LogP contribution in [-0.2, 0) is 10.0 Å². The molecule has 112 valence electrons. The molecule has 21 heavy (non-hydrogen) atoms. The van der Waals surface area contributed by atoms with Gasteiger partial charge in [-0.15, -0.1) is 0 Å². The molecular weight excluding hydrogens is 286 g/mol. The summed E-state index contributed by atoms with van der Waals surface area (Å²) in [5, 5.41) is 0.788. The largest absolute Gasteiger partial charge is 0.384 e. The first kappa shape index (κ1) is 14.3. The summed E-state index contributed by atoms with van der Waals surface area (Å²) < 4.78 is 27.0. The molecule has 5 nitrogen and oxygen atoms in total. The number of nitrogens with two attached hydrogens (primary N) is 1. The fourth-order valence-corrected chi connectivity index (χ4v) is 4.34. The van der Waals surface area contributed by atoms with Gasteiger partial charge in [0.2, 0.25) is 10.0 Å². The molecule has 2 aromatic rings. The van der Waals surface area contributed by atoms with Crippen molar-refractivity contribution in [2.45, 2.75) is 24.7 Å². The van der Waals surface area contributed by atoms with E-state index in [-0.39, 0.29) is 0 Å². The molecule has 6 heteroatoms. The lowest BCUT2D eigenvalue weighted by Gasteiger charge is -2.16. The van der Waals surface area contributed by atoms with Gasteiger partial charge in [-0.05, 0) is 42.7 Å². The maximum Gasteiger partial charge on any atom is 0.243 e. The highest BCUT2D eigenvalue weighted by atomic mass is 32.2. The van der Waals surface area contributed by atoms with Crippen molar-refractivity contribution in [1.82, 2.24) is 9.29 Å². The van der Waals surface area contributed by atoms with Crippen LogP contribution in [0.15, 0.2) is 35.2 Å². The summed E-state index contributed by atoms with van der Waals surface area (Å²) in [6.07, 6.45) is 1.97. The van der Waals surface area contributed by atoms with Crippen molar-refractivity contribution >= 4 is 26.7 Å². The second-order valence-corrected chi connectivity index (χ2v) is 7.45. The average molecular weight is 305 g/mol. The second kappa shape index (κ2) is 5.27. The van der Waals surface area contributed by atoms with Crippen molar-refractivity contribution < 1.29 is 8.42 Å². The first-order valence-electron chi connectivity index (χ1n) is 7.17. The van der Waals surface area contributed by atoms with Crippen molar-refractivity contribution in [2.75, 3.05) is 18.8 Å². The molecule has 0 bridgehead atoms. The van der Waals surface area contributed by atoms with Gasteiger partial charge >= 0.3 is 0 Å². The van der Waals surface area contributed by atoms with E-state index in [4.69, 9.17) is 5.73 Å². The second-order valence-electron chi connectivity index (χ2n) is 5.52. The molecule has 0 amide bonds. The zero-order valence-corrected chi connectivity index (χ0v) is 12.8. The van der Waals surface area contributed by atoms with Gasteiger partial charge in [-0.3, -0.25) is 0 Å². The predicted molar refractivity (Wildman–Crippen MR) is 83.3 cm³/mol. The molecule has 1 aliphatic heterocycles. The molecule has 1 aromatic carbocycles. The van der Waals surface area contributed by atoms with Crippen LogP contribution in [0.25, 0.3) is 10.9 Å². The highest BCUT2D eigenvalue weighted by Crippen LogP contribution is 2.27. The normalized spacial score (nSPS) is 20.1. The summed E-state index contributed by atoms with van der Waals surface area (Å²) >= 11 is 0. The summed E-state index contributed by atoms with van der Waals surface area (Å²) in [6.45, 7) is 3.34. The van der Waals surface area contributed by atoms with Crippen LogP contribution in [-0.4, -0.2) is 30.8 Å². The van der Waals surface area contributed by atoms with Crippen molar-refractivity contribution in [3.8, 4) is 0 Å². The highest BCUT2D eigenvalue weighted by Gasteiger charge is 2.31. The minimum absolute atomic E-state index is 0.332. The topological polar surface area (TPSA) is 76.3 Å². The summed E-state index contributed by atoms with van der Waals surface area (Å²) in [6, 6.07) is 8.49. The number of fused-ring (bicyclic) bond motifs is 1. The zero-order valence-electron chi connectivity index (χ0n) is 12.0. The molecule has 0 spiro atoms. The minimum atomic E-state index is -3.41. The van der Waals surface area contributed by atoms with Gasteiger partial charge < -0.3 is 5.73 Å². The van der Waals surface area contributed by atoms with E-state index >= 15 is 0 Å². The first-order valence-corrected chi connectivity index (χ1v) is 8.61. The third-order valence-electron chi connectivity index (χ3n) is 4.15. The lowest BCUT2D eigenvalue weighted by atomic mass is 10.1. The number of hydrogen-bond donors (Lipinski definition) is 1. The first-order chi connectivity index (χ1) is 10.0. The van der Waals surface area contributed by atoms with Gasteiger partial charge in [0.05, 0.1) is 10.4 Å². The number of anilines is 1. The van der Waals surface area contributed by atoms with Crippen molar-refractivity contribution in [3.63, 3.8) is 0 Å². The maximum absolute atomic E-state index is 12.7. The van der Waals surface area contributed by atoms with Crippen LogP contribution in [0.4, 0.5) is 5.82 Å². The third-order valence-corrected chi connectivity index (χ3v) is 6.01. The minimum Gasteiger partial charge on any atom is -0.384 e. The Hall–Kier alpha value is -1.66. The van der Waals surface area contributed by atoms with E-state index < -0.39 is 10.0 Å². The van der Waals surface area contributed by atoms with E-state index in [9.17, 15) is 8.42 Å². The molecule has 1 aliphatic rings. The van der Waals surface area contributed by atoms with Crippen molar-refractivity contribution in [1.29, 1.82) is 0 Å². The summed E-state index contributed by atoms with van der Waals surface area (Å²) in [5.74, 6) is 0.908. The van der Waals surface area contributed by atoms with Crippen LogP contribution in [0.2, 0.25) is 0 Å². The summed E-state index contributed by atoms with van der Waals surface area (Å²) in [4.78, 5) is 4.52. The van der Waals surface area contributed by atoms with Crippen LogP contribution in [0.1, 0.15) is 19.8 Å². The molecule has 2 heterocycles. The SMILES string of the molecule is CCC1CCN(S(=O)(=O)c2ccc3nc(N)ccc3c2)C1. The quantitative estimate of drug-likeness (QED) is 0.943. The number of benzene rings is 1. The Morgan fingerprint density at radius 2 is 2.14 bits per heavy atom. The Balaban J connectivity index is 1.97. The van der Waals surface area contributed by atoms with E-state index in [1.807, 2.05) is 0 Å². The van der Waals surface area contributed by atoms with Gasteiger partial charge in [-0.2, -0.15) is 4.31 Å². The van der Waals surface area contributed by atoms with Gasteiger partial charge in [-0.1, -0.05) is 13.3 Å². The number of rotatable bonds is 3. The smallest absolute Gasteiger partial charge is 0.243 e. The Morgan fingerprint density at radius 1 is 1.33 bits per heavy atom. The molecule has 0 aliphatic carbocycles. The van der Waals surface area contributed by atoms with E-state index in [0.29, 0.717) is 35.2 Å². The molecule has 2 N–H and O–H groups in total. The standard InChI is InChI=1S/C15H19N3O2S/c1-2-11-7-8-18(10-11)21(19,20)13-4-5-14-12(9-13)3-6-15(16)17-14/h3-6,9,11H,2,7-8,10H2,1H3,(H2,16,17). The third kappa shape index (κ3) is 2.61. The Labute approximate surface area is 124 Å². The van der Waals surface area contributed by atoms with Gasteiger partial charge in [0.1, 0.15) is 5.82 Å². The van der Waals surface area contributed by atoms with Gasteiger partial charge in [0.25, 0.3) is 0 Å². The van der Waals surface area contributed by atoms with Gasteiger partial charge in [-0.25, -0.2) is 13.4 Å². The molecule has 0 saturated carbocycles. The summed E-state index contributed by atoms with van der Waals surface area (Å²) in [5.41, 5.74) is 6.35. The van der Waals surface area contributed by atoms with E-state index in [1.165, 1.54) is 0 Å². The molecule has 1 atom stereocenters. The maximum atomic E-state index is 12.7. The van der Waals surface area contributed by atoms with Crippen molar-refractivity contribution in [2.24, 2.45) is 5.92 Å².